The van der Waals surface area contributed by atoms with Crippen LogP contribution in [0.25, 0.3) is 0 Å². The van der Waals surface area contributed by atoms with Crippen LogP contribution < -0.4 is 10.6 Å². The molecular weight excluding hydrogens is 364 g/mol. The molecule has 4 nitrogen and oxygen atoms in total. The Balaban J connectivity index is 1.86. The van der Waals surface area contributed by atoms with E-state index in [1.165, 1.54) is 42.5 Å². The second-order valence-corrected chi connectivity index (χ2v) is 6.17. The Morgan fingerprint density at radius 3 is 2.37 bits per heavy atom. The van der Waals surface area contributed by atoms with E-state index in [-0.39, 0.29) is 18.7 Å². The molecule has 0 radical (unpaired) electrons. The van der Waals surface area contributed by atoms with Gasteiger partial charge >= 0.3 is 6.18 Å². The first-order valence-corrected chi connectivity index (χ1v) is 8.30. The molecule has 0 aliphatic rings. The molecule has 2 atom stereocenters. The predicted octanol–water partition coefficient (Wildman–Crippen LogP) is 3.88. The molecule has 2 rings (SSSR count). The largest absolute Gasteiger partial charge is 0.418 e. The summed E-state index contributed by atoms with van der Waals surface area (Å²) in [4.78, 5) is 12.0. The van der Waals surface area contributed by atoms with Crippen LogP contribution in [0.2, 0.25) is 0 Å². The fourth-order valence-electron chi connectivity index (χ4n) is 2.51. The lowest BCUT2D eigenvalue weighted by Gasteiger charge is -2.18. The molecule has 0 saturated carbocycles. The van der Waals surface area contributed by atoms with Gasteiger partial charge in [-0.1, -0.05) is 24.3 Å². The van der Waals surface area contributed by atoms with Gasteiger partial charge in [-0.15, -0.1) is 0 Å². The number of halogens is 4. The van der Waals surface area contributed by atoms with Crippen molar-refractivity contribution >= 4 is 11.6 Å². The van der Waals surface area contributed by atoms with Crippen molar-refractivity contribution in [1.29, 1.82) is 0 Å². The fourth-order valence-corrected chi connectivity index (χ4v) is 2.51. The third kappa shape index (κ3) is 6.33. The van der Waals surface area contributed by atoms with Crippen molar-refractivity contribution in [3.05, 3.63) is 65.5 Å². The number of nitrogens with one attached hydrogen (secondary N) is 2. The maximum Gasteiger partial charge on any atom is 0.418 e. The zero-order chi connectivity index (χ0) is 20.0. The number of alkyl halides is 3. The second-order valence-electron chi connectivity index (χ2n) is 6.17. The van der Waals surface area contributed by atoms with E-state index in [9.17, 15) is 27.5 Å². The highest BCUT2D eigenvalue weighted by Crippen LogP contribution is 2.34. The molecule has 2 aromatic rings. The SMILES string of the molecule is CC(CC(=O)Nc1ccccc1C(F)(F)F)NCC(O)c1ccc(F)cc1. The Hall–Kier alpha value is -2.45. The summed E-state index contributed by atoms with van der Waals surface area (Å²) in [6.07, 6.45) is -5.54. The zero-order valence-corrected chi connectivity index (χ0v) is 14.6. The van der Waals surface area contributed by atoms with Gasteiger partial charge in [0.15, 0.2) is 0 Å². The summed E-state index contributed by atoms with van der Waals surface area (Å²) in [5, 5.41) is 15.2. The summed E-state index contributed by atoms with van der Waals surface area (Å²) >= 11 is 0. The summed E-state index contributed by atoms with van der Waals surface area (Å²) in [6, 6.07) is 9.72. The van der Waals surface area contributed by atoms with Gasteiger partial charge < -0.3 is 15.7 Å². The first-order chi connectivity index (χ1) is 12.7. The normalized spacial score (nSPS) is 13.9. The van der Waals surface area contributed by atoms with Crippen molar-refractivity contribution in [2.24, 2.45) is 0 Å². The number of amides is 1. The highest BCUT2D eigenvalue weighted by atomic mass is 19.4. The van der Waals surface area contributed by atoms with Gasteiger partial charge in [-0.3, -0.25) is 4.79 Å². The van der Waals surface area contributed by atoms with Crippen LogP contribution in [-0.2, 0) is 11.0 Å². The van der Waals surface area contributed by atoms with E-state index in [0.717, 1.165) is 6.07 Å². The number of aliphatic hydroxyl groups is 1. The smallest absolute Gasteiger partial charge is 0.387 e. The highest BCUT2D eigenvalue weighted by Gasteiger charge is 2.33. The van der Waals surface area contributed by atoms with Crippen LogP contribution in [0.5, 0.6) is 0 Å². The third-order valence-electron chi connectivity index (χ3n) is 3.91. The standard InChI is InChI=1S/C19H20F4N2O2/c1-12(24-11-17(26)13-6-8-14(20)9-7-13)10-18(27)25-16-5-3-2-4-15(16)19(21,22)23/h2-9,12,17,24,26H,10-11H2,1H3,(H,25,27). The average Bonchev–Trinajstić information content (AvgIpc) is 2.59. The average molecular weight is 384 g/mol. The third-order valence-corrected chi connectivity index (χ3v) is 3.91. The van der Waals surface area contributed by atoms with Gasteiger partial charge in [-0.25, -0.2) is 4.39 Å². The number of rotatable bonds is 7. The van der Waals surface area contributed by atoms with Gasteiger partial charge in [0, 0.05) is 19.0 Å². The summed E-state index contributed by atoms with van der Waals surface area (Å²) in [7, 11) is 0. The minimum atomic E-state index is -4.56. The van der Waals surface area contributed by atoms with E-state index in [1.807, 2.05) is 0 Å². The van der Waals surface area contributed by atoms with Gasteiger partial charge in [-0.05, 0) is 36.8 Å². The van der Waals surface area contributed by atoms with Gasteiger partial charge in [0.05, 0.1) is 17.4 Å². The molecule has 0 bridgehead atoms. The number of carbonyl (C=O) groups excluding carboxylic acids is 1. The number of hydrogen-bond acceptors (Lipinski definition) is 3. The minimum absolute atomic E-state index is 0.0810. The molecule has 3 N–H and O–H groups in total. The van der Waals surface area contributed by atoms with Gasteiger partial charge in [0.2, 0.25) is 5.91 Å². The first kappa shape index (κ1) is 20.9. The predicted molar refractivity (Wildman–Crippen MR) is 93.5 cm³/mol. The van der Waals surface area contributed by atoms with Crippen molar-refractivity contribution in [3.63, 3.8) is 0 Å². The molecule has 0 aromatic heterocycles. The number of carbonyl (C=O) groups is 1. The summed E-state index contributed by atoms with van der Waals surface area (Å²) in [5.41, 5.74) is -0.695. The van der Waals surface area contributed by atoms with Crippen LogP contribution in [-0.4, -0.2) is 23.6 Å². The Morgan fingerprint density at radius 2 is 1.74 bits per heavy atom. The number of aliphatic hydroxyl groups excluding tert-OH is 1. The molecule has 2 unspecified atom stereocenters. The Bertz CT molecular complexity index is 763. The van der Waals surface area contributed by atoms with E-state index in [4.69, 9.17) is 0 Å². The van der Waals surface area contributed by atoms with E-state index in [0.29, 0.717) is 5.56 Å². The number of benzene rings is 2. The molecule has 0 saturated heterocycles. The molecular formula is C19H20F4N2O2. The molecule has 2 aromatic carbocycles. The first-order valence-electron chi connectivity index (χ1n) is 8.30. The number of anilines is 1. The molecule has 0 heterocycles. The van der Waals surface area contributed by atoms with E-state index < -0.39 is 35.6 Å². The van der Waals surface area contributed by atoms with Crippen molar-refractivity contribution < 1.29 is 27.5 Å². The van der Waals surface area contributed by atoms with Crippen molar-refractivity contribution in [2.75, 3.05) is 11.9 Å². The Morgan fingerprint density at radius 1 is 1.11 bits per heavy atom. The van der Waals surface area contributed by atoms with E-state index >= 15 is 0 Å². The van der Waals surface area contributed by atoms with Crippen LogP contribution in [0, 0.1) is 5.82 Å². The van der Waals surface area contributed by atoms with Crippen LogP contribution in [0.4, 0.5) is 23.2 Å². The van der Waals surface area contributed by atoms with Crippen LogP contribution in [0.1, 0.15) is 30.6 Å². The summed E-state index contributed by atoms with van der Waals surface area (Å²) in [6.45, 7) is 1.78. The lowest BCUT2D eigenvalue weighted by molar-refractivity contribution is -0.137. The monoisotopic (exact) mass is 384 g/mol. The van der Waals surface area contributed by atoms with Gasteiger partial charge in [0.25, 0.3) is 0 Å². The topological polar surface area (TPSA) is 61.4 Å². The molecule has 1 amide bonds. The molecule has 0 aliphatic carbocycles. The highest BCUT2D eigenvalue weighted by molar-refractivity contribution is 5.92. The van der Waals surface area contributed by atoms with Gasteiger partial charge in [0.1, 0.15) is 5.82 Å². The molecule has 0 fully saturated rings. The van der Waals surface area contributed by atoms with Crippen molar-refractivity contribution in [2.45, 2.75) is 31.7 Å². The van der Waals surface area contributed by atoms with Crippen molar-refractivity contribution in [1.82, 2.24) is 5.32 Å². The minimum Gasteiger partial charge on any atom is -0.387 e. The molecule has 0 spiro atoms. The second kappa shape index (κ2) is 8.96. The summed E-state index contributed by atoms with van der Waals surface area (Å²) < 4.78 is 51.7. The van der Waals surface area contributed by atoms with Crippen molar-refractivity contribution in [3.8, 4) is 0 Å². The van der Waals surface area contributed by atoms with E-state index in [2.05, 4.69) is 10.6 Å². The lowest BCUT2D eigenvalue weighted by Crippen LogP contribution is -2.33. The van der Waals surface area contributed by atoms with Crippen LogP contribution in [0.3, 0.4) is 0 Å². The Kier molecular flexibility index (Phi) is 6.92. The number of hydrogen-bond donors (Lipinski definition) is 3. The van der Waals surface area contributed by atoms with Crippen LogP contribution >= 0.6 is 0 Å². The maximum absolute atomic E-state index is 12.9. The molecule has 27 heavy (non-hydrogen) atoms. The molecule has 146 valence electrons. The molecule has 0 aliphatic heterocycles. The quantitative estimate of drug-likeness (QED) is 0.635. The fraction of sp³-hybridized carbons (Fsp3) is 0.316. The number of para-hydroxylation sites is 1. The lowest BCUT2D eigenvalue weighted by atomic mass is 10.1. The van der Waals surface area contributed by atoms with E-state index in [1.54, 1.807) is 6.92 Å². The Labute approximate surface area is 154 Å². The van der Waals surface area contributed by atoms with Gasteiger partial charge in [-0.2, -0.15) is 13.2 Å². The molecule has 8 heteroatoms. The zero-order valence-electron chi connectivity index (χ0n) is 14.6. The van der Waals surface area contributed by atoms with Crippen LogP contribution in [0.15, 0.2) is 48.5 Å². The maximum atomic E-state index is 12.9. The summed E-state index contributed by atoms with van der Waals surface area (Å²) in [5.74, 6) is -0.994.